The molecule has 0 aromatic rings. The summed E-state index contributed by atoms with van der Waals surface area (Å²) < 4.78 is 30.2. The number of nitrogens with zero attached hydrogens (tertiary/aromatic N) is 1. The Hall–Kier alpha value is -1.35. The molecule has 0 bridgehead atoms. The zero-order valence-corrected chi connectivity index (χ0v) is 15.5. The summed E-state index contributed by atoms with van der Waals surface area (Å²) in [5.74, 6) is -0.463. The van der Waals surface area contributed by atoms with Crippen LogP contribution in [0.15, 0.2) is 0 Å². The van der Waals surface area contributed by atoms with E-state index in [4.69, 9.17) is 4.74 Å². The third-order valence-corrected chi connectivity index (χ3v) is 7.56. The van der Waals surface area contributed by atoms with Gasteiger partial charge in [0.05, 0.1) is 11.0 Å². The van der Waals surface area contributed by atoms with Crippen molar-refractivity contribution in [2.75, 3.05) is 32.1 Å². The molecule has 2 N–H and O–H groups in total. The van der Waals surface area contributed by atoms with E-state index in [9.17, 15) is 18.0 Å². The monoisotopic (exact) mass is 373 g/mol. The molecule has 3 heterocycles. The van der Waals surface area contributed by atoms with Gasteiger partial charge in [-0.25, -0.2) is 13.2 Å². The number of carbonyl (C=O) groups is 2. The Morgan fingerprint density at radius 3 is 2.48 bits per heavy atom. The lowest BCUT2D eigenvalue weighted by Gasteiger charge is -2.26. The van der Waals surface area contributed by atoms with E-state index in [1.54, 1.807) is 4.90 Å². The molecule has 0 spiro atoms. The Morgan fingerprint density at radius 2 is 1.84 bits per heavy atom. The SMILES string of the molecule is CC(C)NC(=O)N1C[C@H]2[C@H](NC(=O)C3CCOCC3)CS(=O)(=O)[C@H]2C1. The molecule has 0 aromatic heterocycles. The first-order valence-electron chi connectivity index (χ1n) is 8.93. The van der Waals surface area contributed by atoms with Gasteiger partial charge < -0.3 is 20.3 Å². The average molecular weight is 373 g/mol. The molecule has 0 unspecified atom stereocenters. The molecule has 0 aliphatic carbocycles. The van der Waals surface area contributed by atoms with Crippen molar-refractivity contribution in [3.63, 3.8) is 0 Å². The largest absolute Gasteiger partial charge is 0.381 e. The van der Waals surface area contributed by atoms with Gasteiger partial charge in [0, 0.05) is 50.2 Å². The van der Waals surface area contributed by atoms with Gasteiger partial charge in [-0.05, 0) is 26.7 Å². The number of urea groups is 1. The summed E-state index contributed by atoms with van der Waals surface area (Å²) in [7, 11) is -3.31. The fourth-order valence-corrected chi connectivity index (χ4v) is 6.27. The smallest absolute Gasteiger partial charge is 0.317 e. The Labute approximate surface area is 148 Å². The minimum atomic E-state index is -3.31. The lowest BCUT2D eigenvalue weighted by molar-refractivity contribution is -0.128. The summed E-state index contributed by atoms with van der Waals surface area (Å²) in [4.78, 5) is 26.2. The van der Waals surface area contributed by atoms with Crippen molar-refractivity contribution in [2.45, 2.75) is 44.0 Å². The molecular formula is C16H27N3O5S. The van der Waals surface area contributed by atoms with Gasteiger partial charge in [-0.1, -0.05) is 0 Å². The molecule has 9 heteroatoms. The third kappa shape index (κ3) is 3.92. The van der Waals surface area contributed by atoms with Gasteiger partial charge in [-0.15, -0.1) is 0 Å². The van der Waals surface area contributed by atoms with Gasteiger partial charge in [0.15, 0.2) is 9.84 Å². The molecule has 0 aromatic carbocycles. The molecule has 3 aliphatic heterocycles. The number of fused-ring (bicyclic) bond motifs is 1. The summed E-state index contributed by atoms with van der Waals surface area (Å²) in [6, 6.07) is -0.662. The third-order valence-electron chi connectivity index (χ3n) is 5.32. The van der Waals surface area contributed by atoms with E-state index in [1.165, 1.54) is 0 Å². The zero-order valence-electron chi connectivity index (χ0n) is 14.7. The van der Waals surface area contributed by atoms with Crippen LogP contribution in [-0.4, -0.2) is 74.6 Å². The summed E-state index contributed by atoms with van der Waals surface area (Å²) >= 11 is 0. The second-order valence-electron chi connectivity index (χ2n) is 7.54. The Balaban J connectivity index is 1.66. The molecule has 142 valence electrons. The maximum atomic E-state index is 12.5. The highest BCUT2D eigenvalue weighted by Crippen LogP contribution is 2.34. The van der Waals surface area contributed by atoms with Crippen LogP contribution in [0.5, 0.6) is 0 Å². The van der Waals surface area contributed by atoms with Crippen molar-refractivity contribution in [3.8, 4) is 0 Å². The number of hydrogen-bond acceptors (Lipinski definition) is 5. The van der Waals surface area contributed by atoms with E-state index in [-0.39, 0.29) is 42.1 Å². The second-order valence-corrected chi connectivity index (χ2v) is 9.81. The maximum Gasteiger partial charge on any atom is 0.317 e. The summed E-state index contributed by atoms with van der Waals surface area (Å²) in [6.07, 6.45) is 1.34. The van der Waals surface area contributed by atoms with E-state index in [2.05, 4.69) is 10.6 Å². The van der Waals surface area contributed by atoms with Crippen LogP contribution in [0.2, 0.25) is 0 Å². The predicted molar refractivity (Wildman–Crippen MR) is 91.8 cm³/mol. The molecule has 25 heavy (non-hydrogen) atoms. The standard InChI is InChI=1S/C16H27N3O5S/c1-10(2)17-16(21)19-7-12-13(9-25(22,23)14(12)8-19)18-15(20)11-3-5-24-6-4-11/h10-14H,3-9H2,1-2H3,(H,17,21)(H,18,20)/t12-,13+,14-/m0/s1. The molecule has 3 rings (SSSR count). The molecule has 3 fully saturated rings. The number of amides is 3. The van der Waals surface area contributed by atoms with Gasteiger partial charge >= 0.3 is 6.03 Å². The minimum absolute atomic E-state index is 0.00596. The highest BCUT2D eigenvalue weighted by Gasteiger charge is 2.53. The van der Waals surface area contributed by atoms with E-state index in [0.717, 1.165) is 0 Å². The van der Waals surface area contributed by atoms with Gasteiger partial charge in [-0.2, -0.15) is 0 Å². The van der Waals surface area contributed by atoms with Gasteiger partial charge in [0.2, 0.25) is 5.91 Å². The van der Waals surface area contributed by atoms with Crippen LogP contribution in [0, 0.1) is 11.8 Å². The van der Waals surface area contributed by atoms with Gasteiger partial charge in [0.25, 0.3) is 0 Å². The number of nitrogens with one attached hydrogen (secondary N) is 2. The first-order valence-corrected chi connectivity index (χ1v) is 10.6. The first-order chi connectivity index (χ1) is 11.8. The fourth-order valence-electron chi connectivity index (χ4n) is 3.98. The van der Waals surface area contributed by atoms with Crippen molar-refractivity contribution in [2.24, 2.45) is 11.8 Å². The summed E-state index contributed by atoms with van der Waals surface area (Å²) in [5, 5.41) is 5.17. The highest BCUT2D eigenvalue weighted by molar-refractivity contribution is 7.92. The van der Waals surface area contributed by atoms with Crippen molar-refractivity contribution in [1.82, 2.24) is 15.5 Å². The van der Waals surface area contributed by atoms with Crippen LogP contribution in [-0.2, 0) is 19.4 Å². The van der Waals surface area contributed by atoms with Crippen LogP contribution in [0.25, 0.3) is 0 Å². The Kier molecular flexibility index (Phi) is 5.24. The molecule has 0 radical (unpaired) electrons. The fraction of sp³-hybridized carbons (Fsp3) is 0.875. The van der Waals surface area contributed by atoms with E-state index < -0.39 is 21.1 Å². The van der Waals surface area contributed by atoms with Crippen molar-refractivity contribution in [1.29, 1.82) is 0 Å². The zero-order chi connectivity index (χ0) is 18.2. The Bertz CT molecular complexity index is 630. The molecule has 0 saturated carbocycles. The number of ether oxygens (including phenoxy) is 1. The van der Waals surface area contributed by atoms with Gasteiger partial charge in [-0.3, -0.25) is 4.79 Å². The van der Waals surface area contributed by atoms with Crippen molar-refractivity contribution < 1.29 is 22.7 Å². The van der Waals surface area contributed by atoms with Crippen LogP contribution in [0.1, 0.15) is 26.7 Å². The van der Waals surface area contributed by atoms with Crippen LogP contribution >= 0.6 is 0 Å². The topological polar surface area (TPSA) is 105 Å². The quantitative estimate of drug-likeness (QED) is 0.709. The van der Waals surface area contributed by atoms with Crippen LogP contribution in [0.4, 0.5) is 4.79 Å². The normalized spacial score (nSPS) is 31.8. The van der Waals surface area contributed by atoms with Gasteiger partial charge in [0.1, 0.15) is 0 Å². The molecule has 3 amide bonds. The number of likely N-dealkylation sites (tertiary alicyclic amines) is 1. The number of hydrogen-bond donors (Lipinski definition) is 2. The molecule has 3 aliphatic rings. The average Bonchev–Trinajstić information content (AvgIpc) is 3.08. The first kappa shape index (κ1) is 18.4. The minimum Gasteiger partial charge on any atom is -0.381 e. The van der Waals surface area contributed by atoms with E-state index >= 15 is 0 Å². The molecule has 8 nitrogen and oxygen atoms in total. The second kappa shape index (κ2) is 7.11. The Morgan fingerprint density at radius 1 is 1.16 bits per heavy atom. The lowest BCUT2D eigenvalue weighted by atomic mass is 9.96. The molecule has 3 atom stereocenters. The predicted octanol–water partition coefficient (Wildman–Crippen LogP) is -0.255. The van der Waals surface area contributed by atoms with Crippen LogP contribution < -0.4 is 10.6 Å². The van der Waals surface area contributed by atoms with Crippen LogP contribution in [0.3, 0.4) is 0 Å². The molecular weight excluding hydrogens is 346 g/mol. The number of sulfone groups is 1. The van der Waals surface area contributed by atoms with E-state index in [0.29, 0.717) is 32.6 Å². The lowest BCUT2D eigenvalue weighted by Crippen LogP contribution is -2.47. The number of rotatable bonds is 3. The number of carbonyl (C=O) groups excluding carboxylic acids is 2. The molecule has 3 saturated heterocycles. The highest BCUT2D eigenvalue weighted by atomic mass is 32.2. The van der Waals surface area contributed by atoms with Crippen molar-refractivity contribution in [3.05, 3.63) is 0 Å². The van der Waals surface area contributed by atoms with Crippen molar-refractivity contribution >= 4 is 21.8 Å². The van der Waals surface area contributed by atoms with E-state index in [1.807, 2.05) is 13.8 Å². The summed E-state index contributed by atoms with van der Waals surface area (Å²) in [6.45, 7) is 5.42. The summed E-state index contributed by atoms with van der Waals surface area (Å²) in [5.41, 5.74) is 0. The maximum absolute atomic E-state index is 12.5.